The molecule has 98 valence electrons. The average molecular weight is 279 g/mol. The predicted molar refractivity (Wildman–Crippen MR) is 65.4 cm³/mol. The van der Waals surface area contributed by atoms with Crippen molar-refractivity contribution in [1.82, 2.24) is 29.8 Å². The smallest absolute Gasteiger partial charge is 0.277 e. The second kappa shape index (κ2) is 4.82. The van der Waals surface area contributed by atoms with Gasteiger partial charge in [-0.1, -0.05) is 11.8 Å². The Bertz CT molecular complexity index is 761. The van der Waals surface area contributed by atoms with Gasteiger partial charge in [0.05, 0.1) is 12.2 Å². The maximum absolute atomic E-state index is 11.7. The van der Waals surface area contributed by atoms with Gasteiger partial charge in [-0.25, -0.2) is 9.97 Å². The molecule has 3 aromatic heterocycles. The minimum absolute atomic E-state index is 0.201. The Hall–Kier alpha value is -2.20. The molecule has 0 unspecified atom stereocenters. The molecule has 3 heterocycles. The van der Waals surface area contributed by atoms with Gasteiger partial charge in [0.2, 0.25) is 5.89 Å². The highest BCUT2D eigenvalue weighted by atomic mass is 32.2. The van der Waals surface area contributed by atoms with Gasteiger partial charge >= 0.3 is 0 Å². The van der Waals surface area contributed by atoms with Crippen LogP contribution in [-0.2, 0) is 12.3 Å². The van der Waals surface area contributed by atoms with Crippen molar-refractivity contribution in [2.45, 2.75) is 17.5 Å². The highest BCUT2D eigenvalue weighted by Gasteiger charge is 2.08. The van der Waals surface area contributed by atoms with E-state index < -0.39 is 0 Å². The third-order valence-electron chi connectivity index (χ3n) is 2.29. The summed E-state index contributed by atoms with van der Waals surface area (Å²) in [6.45, 7) is 0.201. The van der Waals surface area contributed by atoms with E-state index in [4.69, 9.17) is 10.2 Å². The molecule has 0 aromatic carbocycles. The van der Waals surface area contributed by atoms with Crippen LogP contribution in [0.15, 0.2) is 26.8 Å². The molecule has 0 amide bonds. The lowest BCUT2D eigenvalue weighted by Gasteiger charge is -1.97. The van der Waals surface area contributed by atoms with Crippen molar-refractivity contribution in [2.24, 2.45) is 5.73 Å². The number of hydrogen-bond donors (Lipinski definition) is 2. The number of hydrogen-bond acceptors (Lipinski definition) is 8. The van der Waals surface area contributed by atoms with Crippen molar-refractivity contribution in [2.75, 3.05) is 0 Å². The number of nitrogens with two attached hydrogens (primary N) is 1. The van der Waals surface area contributed by atoms with Crippen LogP contribution in [0.2, 0.25) is 0 Å². The van der Waals surface area contributed by atoms with Crippen molar-refractivity contribution < 1.29 is 4.42 Å². The highest BCUT2D eigenvalue weighted by molar-refractivity contribution is 7.98. The van der Waals surface area contributed by atoms with Gasteiger partial charge in [0.15, 0.2) is 0 Å². The van der Waals surface area contributed by atoms with Gasteiger partial charge in [0, 0.05) is 11.8 Å². The summed E-state index contributed by atoms with van der Waals surface area (Å²) in [7, 11) is 0. The first kappa shape index (κ1) is 11.9. The van der Waals surface area contributed by atoms with Crippen molar-refractivity contribution >= 4 is 17.5 Å². The number of thioether (sulfide) groups is 1. The fraction of sp³-hybridized carbons (Fsp3) is 0.222. The van der Waals surface area contributed by atoms with E-state index in [1.54, 1.807) is 0 Å². The van der Waals surface area contributed by atoms with E-state index in [-0.39, 0.29) is 12.1 Å². The van der Waals surface area contributed by atoms with Gasteiger partial charge in [-0.15, -0.1) is 10.2 Å². The normalized spacial score (nSPS) is 11.2. The van der Waals surface area contributed by atoms with Crippen molar-refractivity contribution in [3.05, 3.63) is 34.3 Å². The largest absolute Gasteiger partial charge is 0.415 e. The zero-order chi connectivity index (χ0) is 13.2. The minimum Gasteiger partial charge on any atom is -0.415 e. The Morgan fingerprint density at radius 2 is 2.37 bits per heavy atom. The summed E-state index contributed by atoms with van der Waals surface area (Å²) in [5.74, 6) is 1.14. The lowest BCUT2D eigenvalue weighted by atomic mass is 10.4. The van der Waals surface area contributed by atoms with E-state index in [9.17, 15) is 4.79 Å². The monoisotopic (exact) mass is 279 g/mol. The van der Waals surface area contributed by atoms with E-state index in [1.165, 1.54) is 28.7 Å². The number of aromatic amines is 1. The predicted octanol–water partition coefficient (Wildman–Crippen LogP) is -0.448. The first-order chi connectivity index (χ1) is 9.26. The fourth-order valence-electron chi connectivity index (χ4n) is 1.46. The molecule has 10 heteroatoms. The van der Waals surface area contributed by atoms with Gasteiger partial charge in [0.1, 0.15) is 6.33 Å². The maximum atomic E-state index is 11.7. The SMILES string of the molecule is NCc1nnc(SCc2cc(=O)n3[nH]cnc3n2)o1. The third kappa shape index (κ3) is 2.35. The van der Waals surface area contributed by atoms with Crippen LogP contribution >= 0.6 is 11.8 Å². The maximum Gasteiger partial charge on any atom is 0.277 e. The Kier molecular flexibility index (Phi) is 3.01. The molecule has 3 N–H and O–H groups in total. The van der Waals surface area contributed by atoms with E-state index in [0.717, 1.165) is 0 Å². The number of fused-ring (bicyclic) bond motifs is 1. The molecular weight excluding hydrogens is 270 g/mol. The summed E-state index contributed by atoms with van der Waals surface area (Å²) in [6.07, 6.45) is 1.41. The summed E-state index contributed by atoms with van der Waals surface area (Å²) >= 11 is 1.29. The quantitative estimate of drug-likeness (QED) is 0.614. The Morgan fingerprint density at radius 1 is 1.47 bits per heavy atom. The first-order valence-corrected chi connectivity index (χ1v) is 6.32. The minimum atomic E-state index is -0.216. The number of H-pyrrole nitrogens is 1. The molecule has 0 aliphatic rings. The van der Waals surface area contributed by atoms with Crippen LogP contribution in [0, 0.1) is 0 Å². The highest BCUT2D eigenvalue weighted by Crippen LogP contribution is 2.19. The van der Waals surface area contributed by atoms with Gasteiger partial charge in [-0.05, 0) is 0 Å². The molecule has 19 heavy (non-hydrogen) atoms. The van der Waals surface area contributed by atoms with Gasteiger partial charge < -0.3 is 10.2 Å². The molecule has 0 aliphatic carbocycles. The summed E-state index contributed by atoms with van der Waals surface area (Å²) < 4.78 is 6.50. The Morgan fingerprint density at radius 3 is 3.16 bits per heavy atom. The number of rotatable bonds is 4. The summed E-state index contributed by atoms with van der Waals surface area (Å²) in [5.41, 5.74) is 5.74. The molecule has 3 rings (SSSR count). The molecule has 0 fully saturated rings. The van der Waals surface area contributed by atoms with E-state index in [1.807, 2.05) is 0 Å². The summed E-state index contributed by atoms with van der Waals surface area (Å²) in [5, 5.41) is 10.6. The number of nitrogens with zero attached hydrogens (tertiary/aromatic N) is 5. The molecule has 9 nitrogen and oxygen atoms in total. The van der Waals surface area contributed by atoms with Crippen LogP contribution in [0.4, 0.5) is 0 Å². The lowest BCUT2D eigenvalue weighted by Crippen LogP contribution is -2.15. The standard InChI is InChI=1S/C9H9N7O2S/c10-2-6-14-15-9(18-6)19-3-5-1-7(17)16-8(13-5)11-4-12-16/h1,4H,2-3,10H2,(H,11,12,13). The first-order valence-electron chi connectivity index (χ1n) is 5.33. The van der Waals surface area contributed by atoms with E-state index >= 15 is 0 Å². The number of nitrogens with one attached hydrogen (secondary N) is 1. The molecule has 0 spiro atoms. The van der Waals surface area contributed by atoms with Gasteiger partial charge in [-0.2, -0.15) is 4.52 Å². The molecule has 0 radical (unpaired) electrons. The zero-order valence-corrected chi connectivity index (χ0v) is 10.4. The zero-order valence-electron chi connectivity index (χ0n) is 9.61. The summed E-state index contributed by atoms with van der Waals surface area (Å²) in [6, 6.07) is 1.43. The summed E-state index contributed by atoms with van der Waals surface area (Å²) in [4.78, 5) is 19.9. The van der Waals surface area contributed by atoms with Crippen molar-refractivity contribution in [3.8, 4) is 0 Å². The van der Waals surface area contributed by atoms with Crippen LogP contribution in [0.25, 0.3) is 5.78 Å². The molecule has 0 saturated heterocycles. The third-order valence-corrected chi connectivity index (χ3v) is 3.14. The fourth-order valence-corrected chi connectivity index (χ4v) is 2.13. The molecule has 0 saturated carbocycles. The molecule has 0 bridgehead atoms. The lowest BCUT2D eigenvalue weighted by molar-refractivity contribution is 0.414. The molecule has 3 aromatic rings. The Balaban J connectivity index is 1.79. The van der Waals surface area contributed by atoms with Crippen molar-refractivity contribution in [1.29, 1.82) is 0 Å². The van der Waals surface area contributed by atoms with Crippen LogP contribution in [-0.4, -0.2) is 29.8 Å². The van der Waals surface area contributed by atoms with Gasteiger partial charge in [0.25, 0.3) is 16.6 Å². The van der Waals surface area contributed by atoms with Gasteiger partial charge in [-0.3, -0.25) is 9.89 Å². The average Bonchev–Trinajstić information content (AvgIpc) is 3.05. The number of aromatic nitrogens is 6. The second-order valence-corrected chi connectivity index (χ2v) is 4.49. The van der Waals surface area contributed by atoms with Crippen LogP contribution < -0.4 is 11.3 Å². The van der Waals surface area contributed by atoms with Crippen LogP contribution in [0.3, 0.4) is 0 Å². The van der Waals surface area contributed by atoms with Crippen LogP contribution in [0.1, 0.15) is 11.6 Å². The molecule has 0 aliphatic heterocycles. The molecular formula is C9H9N7O2S. The second-order valence-electron chi connectivity index (χ2n) is 3.56. The topological polar surface area (TPSA) is 128 Å². The van der Waals surface area contributed by atoms with E-state index in [0.29, 0.717) is 28.3 Å². The van der Waals surface area contributed by atoms with Crippen molar-refractivity contribution in [3.63, 3.8) is 0 Å². The van der Waals surface area contributed by atoms with Crippen LogP contribution in [0.5, 0.6) is 0 Å². The Labute approximate surface area is 110 Å². The molecule has 0 atom stereocenters. The van der Waals surface area contributed by atoms with E-state index in [2.05, 4.69) is 25.3 Å².